The maximum Gasteiger partial charge on any atom is 0.274 e. The van der Waals surface area contributed by atoms with Crippen LogP contribution >= 0.6 is 0 Å². The standard InChI is InChI=1S/C15H20N4O4S/c1-2-10-24(21,22)19-7-5-18(6-8-19)15(20)13-11-12(16-17-13)14-4-3-9-23-14/h3-4,9,11H,2,5-8,10H2,1H3,(H,16,17). The molecule has 8 nitrogen and oxygen atoms in total. The molecule has 2 aromatic rings. The van der Waals surface area contributed by atoms with E-state index >= 15 is 0 Å². The summed E-state index contributed by atoms with van der Waals surface area (Å²) in [6.07, 6.45) is 2.14. The molecule has 0 unspecified atom stereocenters. The molecule has 3 rings (SSSR count). The van der Waals surface area contributed by atoms with E-state index in [1.54, 1.807) is 29.4 Å². The summed E-state index contributed by atoms with van der Waals surface area (Å²) in [4.78, 5) is 14.1. The van der Waals surface area contributed by atoms with Gasteiger partial charge in [0.1, 0.15) is 5.69 Å². The molecular formula is C15H20N4O4S. The van der Waals surface area contributed by atoms with Crippen LogP contribution in [0.25, 0.3) is 11.5 Å². The first-order valence-electron chi connectivity index (χ1n) is 7.87. The summed E-state index contributed by atoms with van der Waals surface area (Å²) >= 11 is 0. The quantitative estimate of drug-likeness (QED) is 0.871. The van der Waals surface area contributed by atoms with Gasteiger partial charge in [0.05, 0.1) is 12.0 Å². The fourth-order valence-corrected chi connectivity index (χ4v) is 4.20. The van der Waals surface area contributed by atoms with Gasteiger partial charge in [-0.3, -0.25) is 9.89 Å². The molecule has 0 aromatic carbocycles. The zero-order valence-electron chi connectivity index (χ0n) is 13.4. The number of nitrogens with one attached hydrogen (secondary N) is 1. The summed E-state index contributed by atoms with van der Waals surface area (Å²) in [7, 11) is -3.21. The number of aromatic nitrogens is 2. The zero-order valence-corrected chi connectivity index (χ0v) is 14.3. The van der Waals surface area contributed by atoms with Crippen LogP contribution in [0.4, 0.5) is 0 Å². The number of furan rings is 1. The number of hydrogen-bond donors (Lipinski definition) is 1. The summed E-state index contributed by atoms with van der Waals surface area (Å²) in [5.41, 5.74) is 0.929. The van der Waals surface area contributed by atoms with Crippen LogP contribution < -0.4 is 0 Å². The average Bonchev–Trinajstić information content (AvgIpc) is 3.25. The lowest BCUT2D eigenvalue weighted by Crippen LogP contribution is -2.51. The lowest BCUT2D eigenvalue weighted by atomic mass is 10.2. The Morgan fingerprint density at radius 3 is 2.71 bits per heavy atom. The van der Waals surface area contributed by atoms with Gasteiger partial charge < -0.3 is 9.32 Å². The summed E-state index contributed by atoms with van der Waals surface area (Å²) in [5, 5.41) is 6.82. The molecule has 1 amide bonds. The smallest absolute Gasteiger partial charge is 0.274 e. The Bertz CT molecular complexity index is 789. The van der Waals surface area contributed by atoms with E-state index in [1.807, 2.05) is 6.92 Å². The van der Waals surface area contributed by atoms with Gasteiger partial charge in [-0.05, 0) is 18.6 Å². The summed E-state index contributed by atoms with van der Waals surface area (Å²) in [5.74, 6) is 0.543. The van der Waals surface area contributed by atoms with E-state index in [0.717, 1.165) is 0 Å². The van der Waals surface area contributed by atoms with Crippen LogP contribution in [0.1, 0.15) is 23.8 Å². The molecule has 0 bridgehead atoms. The third kappa shape index (κ3) is 3.36. The van der Waals surface area contributed by atoms with E-state index < -0.39 is 10.0 Å². The van der Waals surface area contributed by atoms with Gasteiger partial charge in [0.15, 0.2) is 11.5 Å². The second-order valence-electron chi connectivity index (χ2n) is 5.65. The highest BCUT2D eigenvalue weighted by Gasteiger charge is 2.29. The molecular weight excluding hydrogens is 332 g/mol. The Labute approximate surface area is 140 Å². The van der Waals surface area contributed by atoms with Crippen LogP contribution in [-0.4, -0.2) is 65.7 Å². The zero-order chi connectivity index (χ0) is 17.2. The highest BCUT2D eigenvalue weighted by molar-refractivity contribution is 7.89. The Balaban J connectivity index is 1.63. The number of carbonyl (C=O) groups is 1. The van der Waals surface area contributed by atoms with Crippen LogP contribution in [0, 0.1) is 0 Å². The third-order valence-electron chi connectivity index (χ3n) is 3.96. The van der Waals surface area contributed by atoms with Gasteiger partial charge in [0.25, 0.3) is 5.91 Å². The maximum atomic E-state index is 12.5. The highest BCUT2D eigenvalue weighted by Crippen LogP contribution is 2.19. The number of amides is 1. The molecule has 3 heterocycles. The molecule has 0 atom stereocenters. The van der Waals surface area contributed by atoms with Crippen molar-refractivity contribution in [2.45, 2.75) is 13.3 Å². The van der Waals surface area contributed by atoms with Gasteiger partial charge in [0, 0.05) is 32.2 Å². The van der Waals surface area contributed by atoms with Gasteiger partial charge in [-0.2, -0.15) is 9.40 Å². The van der Waals surface area contributed by atoms with E-state index in [0.29, 0.717) is 49.7 Å². The Morgan fingerprint density at radius 1 is 1.33 bits per heavy atom. The molecule has 1 saturated heterocycles. The second kappa shape index (κ2) is 6.78. The van der Waals surface area contributed by atoms with Gasteiger partial charge >= 0.3 is 0 Å². The molecule has 1 aliphatic heterocycles. The van der Waals surface area contributed by atoms with E-state index in [1.165, 1.54) is 4.31 Å². The lowest BCUT2D eigenvalue weighted by molar-refractivity contribution is 0.0692. The molecule has 0 radical (unpaired) electrons. The van der Waals surface area contributed by atoms with Gasteiger partial charge in [-0.15, -0.1) is 0 Å². The molecule has 1 N–H and O–H groups in total. The van der Waals surface area contributed by atoms with Crippen molar-refractivity contribution in [2.24, 2.45) is 0 Å². The largest absolute Gasteiger partial charge is 0.463 e. The number of H-pyrrole nitrogens is 1. The van der Waals surface area contributed by atoms with Crippen LogP contribution in [0.5, 0.6) is 0 Å². The first-order valence-corrected chi connectivity index (χ1v) is 9.48. The molecule has 9 heteroatoms. The Hall–Kier alpha value is -2.13. The summed E-state index contributed by atoms with van der Waals surface area (Å²) in [6.45, 7) is 3.22. The first-order chi connectivity index (χ1) is 11.5. The van der Waals surface area contributed by atoms with Crippen molar-refractivity contribution in [3.05, 3.63) is 30.2 Å². The van der Waals surface area contributed by atoms with Gasteiger partial charge in [-0.25, -0.2) is 8.42 Å². The first kappa shape index (κ1) is 16.7. The lowest BCUT2D eigenvalue weighted by Gasteiger charge is -2.33. The van der Waals surface area contributed by atoms with Crippen LogP contribution in [-0.2, 0) is 10.0 Å². The topological polar surface area (TPSA) is 99.5 Å². The number of carbonyl (C=O) groups excluding carboxylic acids is 1. The minimum absolute atomic E-state index is 0.146. The average molecular weight is 352 g/mol. The fourth-order valence-electron chi connectivity index (χ4n) is 2.71. The van der Waals surface area contributed by atoms with Crippen molar-refractivity contribution in [1.82, 2.24) is 19.4 Å². The molecule has 1 fully saturated rings. The highest BCUT2D eigenvalue weighted by atomic mass is 32.2. The molecule has 1 aliphatic rings. The number of piperazine rings is 1. The molecule has 0 aliphatic carbocycles. The minimum Gasteiger partial charge on any atom is -0.463 e. The van der Waals surface area contributed by atoms with Crippen molar-refractivity contribution in [1.29, 1.82) is 0 Å². The SMILES string of the molecule is CCCS(=O)(=O)N1CCN(C(=O)c2cc(-c3ccco3)[nH]n2)CC1. The van der Waals surface area contributed by atoms with Crippen molar-refractivity contribution < 1.29 is 17.6 Å². The second-order valence-corrected chi connectivity index (χ2v) is 7.74. The summed E-state index contributed by atoms with van der Waals surface area (Å²) in [6, 6.07) is 5.17. The molecule has 130 valence electrons. The predicted octanol–water partition coefficient (Wildman–Crippen LogP) is 1.17. The van der Waals surface area contributed by atoms with Crippen LogP contribution in [0.2, 0.25) is 0 Å². The molecule has 24 heavy (non-hydrogen) atoms. The maximum absolute atomic E-state index is 12.5. The van der Waals surface area contributed by atoms with E-state index in [4.69, 9.17) is 4.42 Å². The number of aromatic amines is 1. The fraction of sp³-hybridized carbons (Fsp3) is 0.467. The Kier molecular flexibility index (Phi) is 4.72. The van der Waals surface area contributed by atoms with Crippen molar-refractivity contribution in [2.75, 3.05) is 31.9 Å². The number of sulfonamides is 1. The Morgan fingerprint density at radius 2 is 2.08 bits per heavy atom. The van der Waals surface area contributed by atoms with Gasteiger partial charge in [-0.1, -0.05) is 6.92 Å². The van der Waals surface area contributed by atoms with Gasteiger partial charge in [0.2, 0.25) is 10.0 Å². The van der Waals surface area contributed by atoms with E-state index in [2.05, 4.69) is 10.2 Å². The number of hydrogen-bond acceptors (Lipinski definition) is 5. The summed E-state index contributed by atoms with van der Waals surface area (Å²) < 4.78 is 30.8. The third-order valence-corrected chi connectivity index (χ3v) is 6.04. The van der Waals surface area contributed by atoms with E-state index in [-0.39, 0.29) is 11.7 Å². The van der Waals surface area contributed by atoms with E-state index in [9.17, 15) is 13.2 Å². The monoisotopic (exact) mass is 352 g/mol. The molecule has 2 aromatic heterocycles. The molecule has 0 saturated carbocycles. The molecule has 0 spiro atoms. The van der Waals surface area contributed by atoms with Crippen LogP contribution in [0.3, 0.4) is 0 Å². The minimum atomic E-state index is -3.21. The van der Waals surface area contributed by atoms with Crippen molar-refractivity contribution in [3.63, 3.8) is 0 Å². The van der Waals surface area contributed by atoms with Crippen molar-refractivity contribution in [3.8, 4) is 11.5 Å². The number of rotatable bonds is 5. The van der Waals surface area contributed by atoms with Crippen molar-refractivity contribution >= 4 is 15.9 Å². The van der Waals surface area contributed by atoms with Crippen LogP contribution in [0.15, 0.2) is 28.9 Å². The number of nitrogens with zero attached hydrogens (tertiary/aromatic N) is 3. The predicted molar refractivity (Wildman–Crippen MR) is 87.8 cm³/mol. The normalized spacial score (nSPS) is 16.5.